The molecule has 0 aromatic heterocycles. The fourth-order valence-electron chi connectivity index (χ4n) is 1.59. The summed E-state index contributed by atoms with van der Waals surface area (Å²) < 4.78 is 0. The third kappa shape index (κ3) is 8.24. The van der Waals surface area contributed by atoms with Gasteiger partial charge in [0, 0.05) is 25.4 Å². The molecule has 2 nitrogen and oxygen atoms in total. The van der Waals surface area contributed by atoms with E-state index in [-0.39, 0.29) is 0 Å². The number of carbonyl (C=O) groups excluding carboxylic acids is 1. The van der Waals surface area contributed by atoms with Crippen LogP contribution < -0.4 is 5.32 Å². The normalized spacial score (nSPS) is 13.2. The van der Waals surface area contributed by atoms with Crippen molar-refractivity contribution in [1.82, 2.24) is 5.32 Å². The third-order valence-corrected chi connectivity index (χ3v) is 2.31. The van der Waals surface area contributed by atoms with E-state index < -0.39 is 0 Å². The van der Waals surface area contributed by atoms with Crippen molar-refractivity contribution in [2.75, 3.05) is 6.54 Å². The predicted octanol–water partition coefficient (Wildman–Crippen LogP) is 2.77. The van der Waals surface area contributed by atoms with Crippen LogP contribution in [0.15, 0.2) is 0 Å². The highest BCUT2D eigenvalue weighted by Gasteiger charge is 2.07. The fraction of sp³-hybridized carbons (Fsp3) is 0.917. The van der Waals surface area contributed by atoms with Crippen molar-refractivity contribution < 1.29 is 4.79 Å². The molecule has 0 amide bonds. The smallest absolute Gasteiger partial charge is 0.134 e. The van der Waals surface area contributed by atoms with Crippen LogP contribution in [-0.4, -0.2) is 18.4 Å². The maximum atomic E-state index is 11.5. The van der Waals surface area contributed by atoms with E-state index in [0.29, 0.717) is 24.2 Å². The van der Waals surface area contributed by atoms with Crippen LogP contribution in [0.4, 0.5) is 0 Å². The SMILES string of the molecule is CCCC(C)CC(=O)CCNC(C)C. The Kier molecular flexibility index (Phi) is 7.77. The molecule has 0 saturated carbocycles. The van der Waals surface area contributed by atoms with Gasteiger partial charge in [-0.2, -0.15) is 0 Å². The van der Waals surface area contributed by atoms with Crippen molar-refractivity contribution in [3.8, 4) is 0 Å². The number of carbonyl (C=O) groups is 1. The Hall–Kier alpha value is -0.370. The molecule has 0 spiro atoms. The molecule has 2 heteroatoms. The predicted molar refractivity (Wildman–Crippen MR) is 61.5 cm³/mol. The van der Waals surface area contributed by atoms with Crippen LogP contribution in [-0.2, 0) is 4.79 Å². The Labute approximate surface area is 88.5 Å². The lowest BCUT2D eigenvalue weighted by molar-refractivity contribution is -0.119. The minimum Gasteiger partial charge on any atom is -0.314 e. The van der Waals surface area contributed by atoms with Gasteiger partial charge in [-0.3, -0.25) is 4.79 Å². The summed E-state index contributed by atoms with van der Waals surface area (Å²) in [5.41, 5.74) is 0. The number of Topliss-reactive ketones (excluding diaryl/α,β-unsaturated/α-hetero) is 1. The Morgan fingerprint density at radius 1 is 1.29 bits per heavy atom. The lowest BCUT2D eigenvalue weighted by Crippen LogP contribution is -2.25. The zero-order chi connectivity index (χ0) is 11.0. The number of hydrogen-bond donors (Lipinski definition) is 1. The van der Waals surface area contributed by atoms with Crippen LogP contribution in [0.25, 0.3) is 0 Å². The molecule has 1 unspecified atom stereocenters. The number of rotatable bonds is 8. The molecule has 14 heavy (non-hydrogen) atoms. The van der Waals surface area contributed by atoms with Crippen LogP contribution in [0.5, 0.6) is 0 Å². The Bertz CT molecular complexity index is 154. The highest BCUT2D eigenvalue weighted by Crippen LogP contribution is 2.10. The van der Waals surface area contributed by atoms with Crippen LogP contribution in [0.1, 0.15) is 53.4 Å². The van der Waals surface area contributed by atoms with E-state index >= 15 is 0 Å². The number of hydrogen-bond acceptors (Lipinski definition) is 2. The third-order valence-electron chi connectivity index (χ3n) is 2.31. The highest BCUT2D eigenvalue weighted by molar-refractivity contribution is 5.78. The average molecular weight is 199 g/mol. The molecule has 84 valence electrons. The molecule has 0 radical (unpaired) electrons. The average Bonchev–Trinajstić information content (AvgIpc) is 2.03. The van der Waals surface area contributed by atoms with Gasteiger partial charge in [-0.1, -0.05) is 40.5 Å². The van der Waals surface area contributed by atoms with E-state index in [1.807, 2.05) is 0 Å². The minimum absolute atomic E-state index is 0.402. The minimum atomic E-state index is 0.402. The zero-order valence-corrected chi connectivity index (χ0v) is 10.1. The van der Waals surface area contributed by atoms with Gasteiger partial charge < -0.3 is 5.32 Å². The molecule has 0 aliphatic rings. The van der Waals surface area contributed by atoms with Gasteiger partial charge in [0.05, 0.1) is 0 Å². The Morgan fingerprint density at radius 2 is 1.93 bits per heavy atom. The number of ketones is 1. The molecule has 0 aromatic rings. The molecular weight excluding hydrogens is 174 g/mol. The molecule has 0 saturated heterocycles. The largest absolute Gasteiger partial charge is 0.314 e. The molecule has 0 aliphatic carbocycles. The quantitative estimate of drug-likeness (QED) is 0.651. The van der Waals surface area contributed by atoms with Gasteiger partial charge in [0.1, 0.15) is 5.78 Å². The van der Waals surface area contributed by atoms with Crippen molar-refractivity contribution in [1.29, 1.82) is 0 Å². The van der Waals surface area contributed by atoms with E-state index in [9.17, 15) is 4.79 Å². The Morgan fingerprint density at radius 3 is 2.43 bits per heavy atom. The van der Waals surface area contributed by atoms with Gasteiger partial charge >= 0.3 is 0 Å². The molecule has 0 rings (SSSR count). The molecule has 1 N–H and O–H groups in total. The first-order valence-corrected chi connectivity index (χ1v) is 5.81. The molecular formula is C12H25NO. The first-order chi connectivity index (χ1) is 6.56. The summed E-state index contributed by atoms with van der Waals surface area (Å²) in [5.74, 6) is 0.964. The van der Waals surface area contributed by atoms with E-state index in [0.717, 1.165) is 13.0 Å². The van der Waals surface area contributed by atoms with Crippen molar-refractivity contribution in [3.05, 3.63) is 0 Å². The second-order valence-electron chi connectivity index (χ2n) is 4.50. The van der Waals surface area contributed by atoms with Crippen LogP contribution >= 0.6 is 0 Å². The summed E-state index contributed by atoms with van der Waals surface area (Å²) in [6, 6.07) is 0.482. The molecule has 0 bridgehead atoms. The van der Waals surface area contributed by atoms with Crippen molar-refractivity contribution >= 4 is 5.78 Å². The summed E-state index contributed by atoms with van der Waals surface area (Å²) >= 11 is 0. The summed E-state index contributed by atoms with van der Waals surface area (Å²) in [5, 5.41) is 3.26. The lowest BCUT2D eigenvalue weighted by atomic mass is 9.98. The van der Waals surface area contributed by atoms with Crippen LogP contribution in [0, 0.1) is 5.92 Å². The van der Waals surface area contributed by atoms with Crippen molar-refractivity contribution in [2.45, 2.75) is 59.4 Å². The van der Waals surface area contributed by atoms with Gasteiger partial charge in [0.25, 0.3) is 0 Å². The fourth-order valence-corrected chi connectivity index (χ4v) is 1.59. The lowest BCUT2D eigenvalue weighted by Gasteiger charge is -2.10. The first kappa shape index (κ1) is 13.6. The van der Waals surface area contributed by atoms with Crippen molar-refractivity contribution in [3.63, 3.8) is 0 Å². The number of nitrogens with one attached hydrogen (secondary N) is 1. The topological polar surface area (TPSA) is 29.1 Å². The first-order valence-electron chi connectivity index (χ1n) is 5.81. The maximum Gasteiger partial charge on any atom is 0.134 e. The van der Waals surface area contributed by atoms with E-state index in [4.69, 9.17) is 0 Å². The molecule has 0 aliphatic heterocycles. The van der Waals surface area contributed by atoms with E-state index in [1.165, 1.54) is 12.8 Å². The maximum absolute atomic E-state index is 11.5. The van der Waals surface area contributed by atoms with E-state index in [2.05, 4.69) is 33.0 Å². The van der Waals surface area contributed by atoms with Crippen LogP contribution in [0.2, 0.25) is 0 Å². The molecule has 1 atom stereocenters. The zero-order valence-electron chi connectivity index (χ0n) is 10.1. The second-order valence-corrected chi connectivity index (χ2v) is 4.50. The second kappa shape index (κ2) is 7.98. The van der Waals surface area contributed by atoms with Gasteiger partial charge in [0.2, 0.25) is 0 Å². The molecule has 0 heterocycles. The van der Waals surface area contributed by atoms with E-state index in [1.54, 1.807) is 0 Å². The summed E-state index contributed by atoms with van der Waals surface area (Å²) in [4.78, 5) is 11.5. The van der Waals surface area contributed by atoms with Gasteiger partial charge in [-0.25, -0.2) is 0 Å². The summed E-state index contributed by atoms with van der Waals surface area (Å²) in [6.07, 6.45) is 3.79. The Balaban J connectivity index is 3.45. The van der Waals surface area contributed by atoms with Crippen LogP contribution in [0.3, 0.4) is 0 Å². The standard InChI is InChI=1S/C12H25NO/c1-5-6-11(4)9-12(14)7-8-13-10(2)3/h10-11,13H,5-9H2,1-4H3. The summed E-state index contributed by atoms with van der Waals surface area (Å²) in [7, 11) is 0. The van der Waals surface area contributed by atoms with Gasteiger partial charge in [0.15, 0.2) is 0 Å². The van der Waals surface area contributed by atoms with Gasteiger partial charge in [-0.05, 0) is 5.92 Å². The molecule has 0 fully saturated rings. The summed E-state index contributed by atoms with van der Waals surface area (Å²) in [6.45, 7) is 9.36. The highest BCUT2D eigenvalue weighted by atomic mass is 16.1. The van der Waals surface area contributed by atoms with Gasteiger partial charge in [-0.15, -0.1) is 0 Å². The van der Waals surface area contributed by atoms with Crippen molar-refractivity contribution in [2.24, 2.45) is 5.92 Å². The molecule has 0 aromatic carbocycles. The monoisotopic (exact) mass is 199 g/mol.